The third kappa shape index (κ3) is 2.55. The Kier molecular flexibility index (Phi) is 3.71. The van der Waals surface area contributed by atoms with Crippen LogP contribution >= 0.6 is 0 Å². The number of carboxylic acid groups (broad SMARTS) is 1. The lowest BCUT2D eigenvalue weighted by Crippen LogP contribution is -2.58. The van der Waals surface area contributed by atoms with E-state index in [0.29, 0.717) is 24.7 Å². The molecule has 4 rings (SSSR count). The predicted octanol–water partition coefficient (Wildman–Crippen LogP) is 0.944. The summed E-state index contributed by atoms with van der Waals surface area (Å²) < 4.78 is 0. The summed E-state index contributed by atoms with van der Waals surface area (Å²) in [7, 11) is 0. The summed E-state index contributed by atoms with van der Waals surface area (Å²) in [6.45, 7) is 5.28. The van der Waals surface area contributed by atoms with E-state index in [2.05, 4.69) is 10.2 Å². The monoisotopic (exact) mass is 280 g/mol. The molecule has 1 aliphatic carbocycles. The maximum Gasteiger partial charge on any atom is 0.307 e. The van der Waals surface area contributed by atoms with Crippen molar-refractivity contribution in [2.75, 3.05) is 19.6 Å². The lowest BCUT2D eigenvalue weighted by atomic mass is 9.83. The first-order valence-corrected chi connectivity index (χ1v) is 7.80. The Labute approximate surface area is 119 Å². The average molecular weight is 280 g/mol. The quantitative estimate of drug-likeness (QED) is 0.807. The Hall–Kier alpha value is -1.10. The van der Waals surface area contributed by atoms with Crippen molar-refractivity contribution < 1.29 is 14.7 Å². The van der Waals surface area contributed by atoms with E-state index in [-0.39, 0.29) is 17.9 Å². The molecule has 0 aromatic heterocycles. The van der Waals surface area contributed by atoms with E-state index in [0.717, 1.165) is 32.5 Å². The third-order valence-corrected chi connectivity index (χ3v) is 5.44. The van der Waals surface area contributed by atoms with E-state index in [1.54, 1.807) is 0 Å². The van der Waals surface area contributed by atoms with Gasteiger partial charge in [-0.1, -0.05) is 6.92 Å². The molecule has 5 heteroatoms. The van der Waals surface area contributed by atoms with Crippen LogP contribution in [-0.4, -0.2) is 47.6 Å². The number of hydrogen-bond donors (Lipinski definition) is 2. The molecule has 1 saturated carbocycles. The first-order chi connectivity index (χ1) is 9.54. The molecule has 5 nitrogen and oxygen atoms in total. The molecule has 112 valence electrons. The smallest absolute Gasteiger partial charge is 0.307 e. The molecular formula is C15H24N2O3. The van der Waals surface area contributed by atoms with Gasteiger partial charge in [-0.2, -0.15) is 0 Å². The SMILES string of the molecule is CC1CC(C(=O)O)C(C(=O)NC2CN3CCC2CC3)C1. The average Bonchev–Trinajstić information content (AvgIpc) is 2.82. The molecule has 2 N–H and O–H groups in total. The van der Waals surface area contributed by atoms with Gasteiger partial charge < -0.3 is 15.3 Å². The Balaban J connectivity index is 1.62. The number of carbonyl (C=O) groups is 2. The normalized spacial score (nSPS) is 43.5. The van der Waals surface area contributed by atoms with Gasteiger partial charge in [-0.15, -0.1) is 0 Å². The molecule has 3 aliphatic heterocycles. The van der Waals surface area contributed by atoms with Crippen LogP contribution in [0.15, 0.2) is 0 Å². The molecule has 4 unspecified atom stereocenters. The number of fused-ring (bicyclic) bond motifs is 3. The summed E-state index contributed by atoms with van der Waals surface area (Å²) in [5.74, 6) is -0.752. The van der Waals surface area contributed by atoms with Crippen LogP contribution in [0.4, 0.5) is 0 Å². The van der Waals surface area contributed by atoms with E-state index >= 15 is 0 Å². The van der Waals surface area contributed by atoms with Crippen LogP contribution in [0.3, 0.4) is 0 Å². The number of carboxylic acids is 1. The minimum Gasteiger partial charge on any atom is -0.481 e. The maximum atomic E-state index is 12.5. The molecule has 0 aromatic rings. The molecule has 4 atom stereocenters. The highest BCUT2D eigenvalue weighted by Crippen LogP contribution is 2.37. The van der Waals surface area contributed by atoms with Crippen LogP contribution in [-0.2, 0) is 9.59 Å². The van der Waals surface area contributed by atoms with Crippen LogP contribution in [0.2, 0.25) is 0 Å². The molecule has 0 spiro atoms. The largest absolute Gasteiger partial charge is 0.481 e. The first kappa shape index (κ1) is 13.9. The summed E-state index contributed by atoms with van der Waals surface area (Å²) in [6.07, 6.45) is 3.67. The van der Waals surface area contributed by atoms with Gasteiger partial charge >= 0.3 is 5.97 Å². The minimum atomic E-state index is -0.816. The molecule has 3 heterocycles. The number of amides is 1. The zero-order chi connectivity index (χ0) is 14.3. The summed E-state index contributed by atoms with van der Waals surface area (Å²) in [6, 6.07) is 0.232. The molecule has 3 saturated heterocycles. The third-order valence-electron chi connectivity index (χ3n) is 5.44. The van der Waals surface area contributed by atoms with Crippen molar-refractivity contribution in [3.8, 4) is 0 Å². The van der Waals surface area contributed by atoms with Crippen molar-refractivity contribution in [2.24, 2.45) is 23.7 Å². The van der Waals surface area contributed by atoms with Gasteiger partial charge in [0.2, 0.25) is 5.91 Å². The minimum absolute atomic E-state index is 0.0273. The van der Waals surface area contributed by atoms with Gasteiger partial charge in [0.05, 0.1) is 11.8 Å². The summed E-state index contributed by atoms with van der Waals surface area (Å²) in [5, 5.41) is 12.4. The topological polar surface area (TPSA) is 69.6 Å². The maximum absolute atomic E-state index is 12.5. The van der Waals surface area contributed by atoms with Crippen LogP contribution in [0.1, 0.15) is 32.6 Å². The van der Waals surface area contributed by atoms with Gasteiger partial charge in [-0.3, -0.25) is 9.59 Å². The molecule has 0 radical (unpaired) electrons. The second kappa shape index (κ2) is 5.35. The summed E-state index contributed by atoms with van der Waals surface area (Å²) in [4.78, 5) is 26.2. The molecule has 4 fully saturated rings. The van der Waals surface area contributed by atoms with E-state index in [1.807, 2.05) is 6.92 Å². The number of aliphatic carboxylic acids is 1. The van der Waals surface area contributed by atoms with Gasteiger partial charge in [0.1, 0.15) is 0 Å². The fourth-order valence-corrected chi connectivity index (χ4v) is 4.27. The Morgan fingerprint density at radius 3 is 2.35 bits per heavy atom. The van der Waals surface area contributed by atoms with Crippen molar-refractivity contribution in [2.45, 2.75) is 38.6 Å². The standard InChI is InChI=1S/C15H24N2O3/c1-9-6-11(12(7-9)15(19)20)14(18)16-13-8-17-4-2-10(13)3-5-17/h9-13H,2-8H2,1H3,(H,16,18)(H,19,20). The van der Waals surface area contributed by atoms with Crippen molar-refractivity contribution in [3.63, 3.8) is 0 Å². The summed E-state index contributed by atoms with van der Waals surface area (Å²) >= 11 is 0. The predicted molar refractivity (Wildman–Crippen MR) is 74.1 cm³/mol. The zero-order valence-corrected chi connectivity index (χ0v) is 12.0. The highest BCUT2D eigenvalue weighted by molar-refractivity contribution is 5.85. The molecule has 2 bridgehead atoms. The van der Waals surface area contributed by atoms with Gasteiger partial charge in [0.25, 0.3) is 0 Å². The number of nitrogens with one attached hydrogen (secondary N) is 1. The summed E-state index contributed by atoms with van der Waals surface area (Å²) in [5.41, 5.74) is 0. The van der Waals surface area contributed by atoms with Crippen LogP contribution in [0, 0.1) is 23.7 Å². The van der Waals surface area contributed by atoms with Gasteiger partial charge in [0.15, 0.2) is 0 Å². The van der Waals surface area contributed by atoms with E-state index in [9.17, 15) is 14.7 Å². The van der Waals surface area contributed by atoms with Crippen molar-refractivity contribution >= 4 is 11.9 Å². The Bertz CT molecular complexity index is 404. The van der Waals surface area contributed by atoms with Crippen molar-refractivity contribution in [1.29, 1.82) is 0 Å². The second-order valence-electron chi connectivity index (χ2n) is 6.88. The number of piperidine rings is 3. The number of rotatable bonds is 3. The van der Waals surface area contributed by atoms with Crippen LogP contribution in [0.25, 0.3) is 0 Å². The number of nitrogens with zero attached hydrogens (tertiary/aromatic N) is 1. The highest BCUT2D eigenvalue weighted by Gasteiger charge is 2.43. The molecule has 1 amide bonds. The van der Waals surface area contributed by atoms with Crippen LogP contribution < -0.4 is 5.32 Å². The van der Waals surface area contributed by atoms with E-state index < -0.39 is 11.9 Å². The molecular weight excluding hydrogens is 256 g/mol. The van der Waals surface area contributed by atoms with Crippen molar-refractivity contribution in [1.82, 2.24) is 10.2 Å². The van der Waals surface area contributed by atoms with Gasteiger partial charge in [0, 0.05) is 12.6 Å². The van der Waals surface area contributed by atoms with Crippen molar-refractivity contribution in [3.05, 3.63) is 0 Å². The number of hydrogen-bond acceptors (Lipinski definition) is 3. The molecule has 4 aliphatic rings. The molecule has 0 aromatic carbocycles. The highest BCUT2D eigenvalue weighted by atomic mass is 16.4. The Morgan fingerprint density at radius 2 is 1.80 bits per heavy atom. The Morgan fingerprint density at radius 1 is 1.15 bits per heavy atom. The fraction of sp³-hybridized carbons (Fsp3) is 0.867. The zero-order valence-electron chi connectivity index (χ0n) is 12.0. The van der Waals surface area contributed by atoms with Gasteiger partial charge in [-0.05, 0) is 50.6 Å². The lowest BCUT2D eigenvalue weighted by Gasteiger charge is -2.45. The second-order valence-corrected chi connectivity index (χ2v) is 6.88. The van der Waals surface area contributed by atoms with Crippen LogP contribution in [0.5, 0.6) is 0 Å². The van der Waals surface area contributed by atoms with E-state index in [1.165, 1.54) is 0 Å². The van der Waals surface area contributed by atoms with E-state index in [4.69, 9.17) is 0 Å². The lowest BCUT2D eigenvalue weighted by molar-refractivity contribution is -0.146. The van der Waals surface area contributed by atoms with Gasteiger partial charge in [-0.25, -0.2) is 0 Å². The first-order valence-electron chi connectivity index (χ1n) is 7.80. The number of carbonyl (C=O) groups excluding carboxylic acids is 1. The molecule has 20 heavy (non-hydrogen) atoms. The fourth-order valence-electron chi connectivity index (χ4n) is 4.27.